The zero-order chi connectivity index (χ0) is 14.9. The minimum absolute atomic E-state index is 0. The first-order valence-electron chi connectivity index (χ1n) is 6.43. The molecule has 0 saturated heterocycles. The molecule has 0 fully saturated rings. The summed E-state index contributed by atoms with van der Waals surface area (Å²) in [5, 5.41) is 0. The predicted molar refractivity (Wildman–Crippen MR) is 83.8 cm³/mol. The summed E-state index contributed by atoms with van der Waals surface area (Å²) in [6.07, 6.45) is 0. The Morgan fingerprint density at radius 1 is 0.905 bits per heavy atom. The zero-order valence-electron chi connectivity index (χ0n) is 12.4. The van der Waals surface area contributed by atoms with E-state index in [0.717, 1.165) is 16.7 Å². The monoisotopic (exact) mass is 285 g/mol. The number of nitrogen functional groups attached to an aromatic ring is 1. The predicted octanol–water partition coefficient (Wildman–Crippen LogP) is 2.43. The molecule has 0 aromatic heterocycles. The molecular weight excluding hydrogens is 266 g/mol. The molecule has 0 aliphatic heterocycles. The number of nitrogens with two attached hydrogens (primary N) is 1. The molecule has 2 aromatic rings. The van der Waals surface area contributed by atoms with Crippen LogP contribution in [-0.4, -0.2) is 17.0 Å². The highest BCUT2D eigenvalue weighted by Gasteiger charge is 2.22. The molecule has 0 aliphatic carbocycles. The van der Waals surface area contributed by atoms with Gasteiger partial charge in [-0.1, -0.05) is 30.3 Å². The Morgan fingerprint density at radius 3 is 2.05 bits per heavy atom. The van der Waals surface area contributed by atoms with E-state index in [4.69, 9.17) is 5.73 Å². The molecule has 21 heavy (non-hydrogen) atoms. The van der Waals surface area contributed by atoms with E-state index in [1.807, 2.05) is 20.8 Å². The summed E-state index contributed by atoms with van der Waals surface area (Å²) in [7, 11) is 0. The SMILES string of the molecule is Cc1cc(C(=O)C(=O)c2ccccc2)c(N)c(C)c1C.O. The lowest BCUT2D eigenvalue weighted by molar-refractivity contribution is 0.0817. The van der Waals surface area contributed by atoms with Crippen molar-refractivity contribution in [1.82, 2.24) is 0 Å². The van der Waals surface area contributed by atoms with Gasteiger partial charge in [0.1, 0.15) is 0 Å². The second-order valence-corrected chi connectivity index (χ2v) is 4.93. The Bertz CT molecular complexity index is 691. The first kappa shape index (κ1) is 16.6. The van der Waals surface area contributed by atoms with Crippen molar-refractivity contribution in [1.29, 1.82) is 0 Å². The molecule has 0 saturated carbocycles. The van der Waals surface area contributed by atoms with Gasteiger partial charge in [-0.3, -0.25) is 9.59 Å². The molecule has 2 rings (SSSR count). The lowest BCUT2D eigenvalue weighted by Crippen LogP contribution is -2.17. The molecule has 0 bridgehead atoms. The zero-order valence-corrected chi connectivity index (χ0v) is 12.4. The van der Waals surface area contributed by atoms with E-state index >= 15 is 0 Å². The minimum Gasteiger partial charge on any atom is -0.412 e. The Kier molecular flexibility index (Phi) is 5.00. The number of hydrogen-bond donors (Lipinski definition) is 1. The molecule has 0 radical (unpaired) electrons. The number of carbonyl (C=O) groups excluding carboxylic acids is 2. The quantitative estimate of drug-likeness (QED) is 0.533. The van der Waals surface area contributed by atoms with E-state index in [2.05, 4.69) is 0 Å². The lowest BCUT2D eigenvalue weighted by atomic mass is 9.93. The molecule has 0 amide bonds. The topological polar surface area (TPSA) is 91.7 Å². The number of aryl methyl sites for hydroxylation is 1. The molecule has 110 valence electrons. The van der Waals surface area contributed by atoms with Gasteiger partial charge in [-0.2, -0.15) is 0 Å². The van der Waals surface area contributed by atoms with Crippen LogP contribution in [0.4, 0.5) is 5.69 Å². The highest BCUT2D eigenvalue weighted by molar-refractivity contribution is 6.50. The number of anilines is 1. The normalized spacial score (nSPS) is 9.86. The van der Waals surface area contributed by atoms with Crippen LogP contribution in [0, 0.1) is 20.8 Å². The highest BCUT2D eigenvalue weighted by atomic mass is 16.2. The van der Waals surface area contributed by atoms with Gasteiger partial charge in [-0.25, -0.2) is 0 Å². The molecule has 0 heterocycles. The van der Waals surface area contributed by atoms with Crippen LogP contribution >= 0.6 is 0 Å². The van der Waals surface area contributed by atoms with Gasteiger partial charge < -0.3 is 11.2 Å². The van der Waals surface area contributed by atoms with Crippen LogP contribution < -0.4 is 5.73 Å². The van der Waals surface area contributed by atoms with E-state index in [1.165, 1.54) is 0 Å². The smallest absolute Gasteiger partial charge is 0.235 e. The second kappa shape index (κ2) is 6.33. The number of hydrogen-bond acceptors (Lipinski definition) is 3. The largest absolute Gasteiger partial charge is 0.412 e. The Labute approximate surface area is 123 Å². The van der Waals surface area contributed by atoms with Crippen LogP contribution in [0.3, 0.4) is 0 Å². The summed E-state index contributed by atoms with van der Waals surface area (Å²) in [4.78, 5) is 24.6. The van der Waals surface area contributed by atoms with E-state index in [0.29, 0.717) is 16.8 Å². The van der Waals surface area contributed by atoms with E-state index in [1.54, 1.807) is 36.4 Å². The number of benzene rings is 2. The van der Waals surface area contributed by atoms with Crippen molar-refractivity contribution in [3.8, 4) is 0 Å². The van der Waals surface area contributed by atoms with Crippen molar-refractivity contribution >= 4 is 17.3 Å². The first-order chi connectivity index (χ1) is 9.43. The van der Waals surface area contributed by atoms with Gasteiger partial charge in [0, 0.05) is 16.8 Å². The van der Waals surface area contributed by atoms with E-state index < -0.39 is 11.6 Å². The number of rotatable bonds is 3. The maximum Gasteiger partial charge on any atom is 0.235 e. The summed E-state index contributed by atoms with van der Waals surface area (Å²) in [5.74, 6) is -1.08. The summed E-state index contributed by atoms with van der Waals surface area (Å²) in [5.41, 5.74) is 9.92. The van der Waals surface area contributed by atoms with Gasteiger partial charge in [0.15, 0.2) is 0 Å². The van der Waals surface area contributed by atoms with Crippen molar-refractivity contribution in [2.24, 2.45) is 0 Å². The van der Waals surface area contributed by atoms with Gasteiger partial charge in [-0.05, 0) is 43.5 Å². The van der Waals surface area contributed by atoms with Crippen molar-refractivity contribution in [3.63, 3.8) is 0 Å². The van der Waals surface area contributed by atoms with Crippen LogP contribution in [0.1, 0.15) is 37.4 Å². The van der Waals surface area contributed by atoms with Gasteiger partial charge in [-0.15, -0.1) is 0 Å². The maximum absolute atomic E-state index is 12.4. The molecule has 0 spiro atoms. The van der Waals surface area contributed by atoms with Crippen molar-refractivity contribution in [2.75, 3.05) is 5.73 Å². The van der Waals surface area contributed by atoms with Crippen LogP contribution in [0.15, 0.2) is 36.4 Å². The molecule has 4 N–H and O–H groups in total. The van der Waals surface area contributed by atoms with E-state index in [9.17, 15) is 9.59 Å². The molecule has 2 aromatic carbocycles. The number of carbonyl (C=O) groups is 2. The Hall–Kier alpha value is -2.46. The third kappa shape index (κ3) is 3.01. The van der Waals surface area contributed by atoms with Gasteiger partial charge in [0.2, 0.25) is 11.6 Å². The summed E-state index contributed by atoms with van der Waals surface area (Å²) in [6.45, 7) is 5.72. The molecule has 4 heteroatoms. The summed E-state index contributed by atoms with van der Waals surface area (Å²) >= 11 is 0. The molecule has 4 nitrogen and oxygen atoms in total. The van der Waals surface area contributed by atoms with Crippen LogP contribution in [-0.2, 0) is 0 Å². The summed E-state index contributed by atoms with van der Waals surface area (Å²) < 4.78 is 0. The average Bonchev–Trinajstić information content (AvgIpc) is 2.48. The van der Waals surface area contributed by atoms with Crippen molar-refractivity contribution in [2.45, 2.75) is 20.8 Å². The standard InChI is InChI=1S/C17H17NO2.H2O/c1-10-9-14(15(18)12(3)11(10)2)17(20)16(19)13-7-5-4-6-8-13;/h4-9H,18H2,1-3H3;1H2. The molecular formula is C17H19NO3. The van der Waals surface area contributed by atoms with Gasteiger partial charge in [0.25, 0.3) is 0 Å². The first-order valence-corrected chi connectivity index (χ1v) is 6.43. The van der Waals surface area contributed by atoms with E-state index in [-0.39, 0.29) is 5.48 Å². The third-order valence-electron chi connectivity index (χ3n) is 3.70. The number of ketones is 2. The lowest BCUT2D eigenvalue weighted by Gasteiger charge is -2.12. The molecule has 0 aliphatic rings. The fourth-order valence-electron chi connectivity index (χ4n) is 2.13. The molecule has 0 unspecified atom stereocenters. The fraction of sp³-hybridized carbons (Fsp3) is 0.176. The molecule has 0 atom stereocenters. The maximum atomic E-state index is 12.4. The Morgan fingerprint density at radius 2 is 1.48 bits per heavy atom. The van der Waals surface area contributed by atoms with Crippen LogP contribution in [0.25, 0.3) is 0 Å². The van der Waals surface area contributed by atoms with Crippen LogP contribution in [0.2, 0.25) is 0 Å². The fourth-order valence-corrected chi connectivity index (χ4v) is 2.13. The summed E-state index contributed by atoms with van der Waals surface area (Å²) in [6, 6.07) is 10.2. The van der Waals surface area contributed by atoms with Crippen molar-refractivity contribution < 1.29 is 15.1 Å². The highest BCUT2D eigenvalue weighted by Crippen LogP contribution is 2.25. The van der Waals surface area contributed by atoms with Crippen LogP contribution in [0.5, 0.6) is 0 Å². The average molecular weight is 285 g/mol. The van der Waals surface area contributed by atoms with Gasteiger partial charge >= 0.3 is 0 Å². The minimum atomic E-state index is -0.556. The second-order valence-electron chi connectivity index (χ2n) is 4.93. The Balaban J connectivity index is 0.00000220. The van der Waals surface area contributed by atoms with Gasteiger partial charge in [0.05, 0.1) is 0 Å². The number of Topliss-reactive ketones (excluding diaryl/α,β-unsaturated/α-hetero) is 2. The third-order valence-corrected chi connectivity index (χ3v) is 3.70. The van der Waals surface area contributed by atoms with Crippen molar-refractivity contribution in [3.05, 3.63) is 64.2 Å².